The second kappa shape index (κ2) is 7.61. The Hall–Kier alpha value is -2.03. The quantitative estimate of drug-likeness (QED) is 0.547. The van der Waals surface area contributed by atoms with E-state index in [1.54, 1.807) is 24.3 Å². The minimum absolute atomic E-state index is 1.36. The summed E-state index contributed by atoms with van der Waals surface area (Å²) in [5.41, 5.74) is 0. The SMILES string of the molecule is [C]1=C\C=C\OO/N=C\C=C\C=C/C=C/1. The normalized spacial score (nSPS) is 29.7. The van der Waals surface area contributed by atoms with Crippen LogP contribution in [0.3, 0.4) is 0 Å². The molecule has 0 bridgehead atoms. The molecule has 0 N–H and O–H groups in total. The molecule has 1 rings (SSSR count). The highest BCUT2D eigenvalue weighted by atomic mass is 17.3. The number of oxime groups is 1. The first-order valence-corrected chi connectivity index (χ1v) is 4.09. The van der Waals surface area contributed by atoms with Crippen LogP contribution >= 0.6 is 0 Å². The zero-order valence-corrected chi connectivity index (χ0v) is 7.54. The van der Waals surface area contributed by atoms with Gasteiger partial charge in [-0.05, 0) is 23.4 Å². The number of allylic oxidation sites excluding steroid dienone is 9. The van der Waals surface area contributed by atoms with Gasteiger partial charge < -0.3 is 0 Å². The van der Waals surface area contributed by atoms with Crippen LogP contribution in [-0.2, 0) is 9.88 Å². The zero-order chi connectivity index (χ0) is 9.90. The zero-order valence-electron chi connectivity index (χ0n) is 7.54. The summed E-state index contributed by atoms with van der Waals surface area (Å²) >= 11 is 0. The molecule has 0 aromatic heterocycles. The maximum atomic E-state index is 4.55. The van der Waals surface area contributed by atoms with Gasteiger partial charge in [-0.1, -0.05) is 36.5 Å². The minimum Gasteiger partial charge on any atom is -0.276 e. The Kier molecular flexibility index (Phi) is 5.47. The molecule has 1 radical (unpaired) electrons. The molecule has 0 unspecified atom stereocenters. The van der Waals surface area contributed by atoms with Gasteiger partial charge in [0.15, 0.2) is 0 Å². The molecule has 14 heavy (non-hydrogen) atoms. The van der Waals surface area contributed by atoms with Crippen molar-refractivity contribution in [2.75, 3.05) is 0 Å². The van der Waals surface area contributed by atoms with Crippen LogP contribution in [0.5, 0.6) is 0 Å². The monoisotopic (exact) mass is 188 g/mol. The van der Waals surface area contributed by atoms with E-state index >= 15 is 0 Å². The highest BCUT2D eigenvalue weighted by Gasteiger charge is 1.72. The van der Waals surface area contributed by atoms with Crippen LogP contribution in [0.1, 0.15) is 0 Å². The van der Waals surface area contributed by atoms with Gasteiger partial charge in [-0.2, -0.15) is 4.99 Å². The average Bonchev–Trinajstić information content (AvgIpc) is 2.22. The average molecular weight is 188 g/mol. The van der Waals surface area contributed by atoms with E-state index in [4.69, 9.17) is 0 Å². The van der Waals surface area contributed by atoms with Gasteiger partial charge in [0.05, 0.1) is 6.21 Å². The lowest BCUT2D eigenvalue weighted by Crippen LogP contribution is -1.77. The highest BCUT2D eigenvalue weighted by Crippen LogP contribution is 1.86. The third kappa shape index (κ3) is 5.60. The van der Waals surface area contributed by atoms with E-state index in [0.717, 1.165) is 0 Å². The van der Waals surface area contributed by atoms with Crippen molar-refractivity contribution in [2.45, 2.75) is 0 Å². The first-order chi connectivity index (χ1) is 7.00. The summed E-state index contributed by atoms with van der Waals surface area (Å²) in [5, 5.41) is 3.49. The molecule has 1 aliphatic rings. The van der Waals surface area contributed by atoms with Crippen molar-refractivity contribution >= 4 is 6.21 Å². The Morgan fingerprint density at radius 1 is 0.929 bits per heavy atom. The minimum atomic E-state index is 1.36. The summed E-state index contributed by atoms with van der Waals surface area (Å²) in [5.74, 6) is 0. The predicted octanol–water partition coefficient (Wildman–Crippen LogP) is 2.48. The second-order valence-corrected chi connectivity index (χ2v) is 2.22. The van der Waals surface area contributed by atoms with Crippen LogP contribution in [0.25, 0.3) is 0 Å². The maximum Gasteiger partial charge on any atom is 0.145 e. The van der Waals surface area contributed by atoms with Gasteiger partial charge >= 0.3 is 0 Å². The van der Waals surface area contributed by atoms with E-state index in [-0.39, 0.29) is 0 Å². The van der Waals surface area contributed by atoms with Gasteiger partial charge in [-0.25, -0.2) is 0 Å². The molecule has 0 amide bonds. The highest BCUT2D eigenvalue weighted by molar-refractivity contribution is 5.70. The van der Waals surface area contributed by atoms with Crippen LogP contribution in [0.2, 0.25) is 0 Å². The lowest BCUT2D eigenvalue weighted by atomic mass is 10.4. The van der Waals surface area contributed by atoms with E-state index in [2.05, 4.69) is 21.1 Å². The molecule has 0 spiro atoms. The van der Waals surface area contributed by atoms with Gasteiger partial charge in [0.1, 0.15) is 6.26 Å². The first kappa shape index (κ1) is 10.1. The molecule has 3 nitrogen and oxygen atoms in total. The topological polar surface area (TPSA) is 30.8 Å². The van der Waals surface area contributed by atoms with E-state index in [9.17, 15) is 0 Å². The van der Waals surface area contributed by atoms with Crippen molar-refractivity contribution in [3.8, 4) is 0 Å². The molecule has 0 fully saturated rings. The van der Waals surface area contributed by atoms with Crippen LogP contribution < -0.4 is 0 Å². The standard InChI is InChI=1S/C11H10NO2/c1-2-4-6-8-10-12-14-13-11-9-7-5-3-1/h1-4,6-11H/b3-1+,4-2-,7-5?,8-6+,11-9+,12-10-. The van der Waals surface area contributed by atoms with Crippen molar-refractivity contribution in [3.05, 3.63) is 60.9 Å². The lowest BCUT2D eigenvalue weighted by molar-refractivity contribution is -0.248. The Morgan fingerprint density at radius 2 is 1.79 bits per heavy atom. The molecule has 71 valence electrons. The number of nitrogens with zero attached hydrogens (tertiary/aromatic N) is 1. The van der Waals surface area contributed by atoms with E-state index in [1.165, 1.54) is 12.5 Å². The summed E-state index contributed by atoms with van der Waals surface area (Å²) in [7, 11) is 0. The van der Waals surface area contributed by atoms with Crippen molar-refractivity contribution in [2.24, 2.45) is 5.16 Å². The number of hydrogen-bond donors (Lipinski definition) is 0. The molecule has 0 saturated carbocycles. The predicted molar refractivity (Wildman–Crippen MR) is 55.0 cm³/mol. The van der Waals surface area contributed by atoms with Crippen LogP contribution in [0.15, 0.2) is 60.0 Å². The van der Waals surface area contributed by atoms with E-state index in [0.29, 0.717) is 0 Å². The maximum absolute atomic E-state index is 4.55. The Labute approximate surface area is 82.9 Å². The summed E-state index contributed by atoms with van der Waals surface area (Å²) in [6.07, 6.45) is 20.0. The molecule has 0 aromatic rings. The molecule has 0 atom stereocenters. The Morgan fingerprint density at radius 3 is 2.79 bits per heavy atom. The largest absolute Gasteiger partial charge is 0.276 e. The van der Waals surface area contributed by atoms with Crippen molar-refractivity contribution in [1.29, 1.82) is 0 Å². The number of hydrogen-bond acceptors (Lipinski definition) is 3. The van der Waals surface area contributed by atoms with Crippen LogP contribution in [-0.4, -0.2) is 6.21 Å². The summed E-state index contributed by atoms with van der Waals surface area (Å²) < 4.78 is 0. The van der Waals surface area contributed by atoms with E-state index < -0.39 is 0 Å². The third-order valence-electron chi connectivity index (χ3n) is 1.20. The molecule has 3 heteroatoms. The molecule has 1 heterocycles. The fraction of sp³-hybridized carbons (Fsp3) is 0. The van der Waals surface area contributed by atoms with Crippen molar-refractivity contribution in [3.63, 3.8) is 0 Å². The van der Waals surface area contributed by atoms with Crippen LogP contribution in [0, 0.1) is 6.08 Å². The fourth-order valence-electron chi connectivity index (χ4n) is 0.645. The molecule has 0 aliphatic carbocycles. The third-order valence-corrected chi connectivity index (χ3v) is 1.20. The lowest BCUT2D eigenvalue weighted by Gasteiger charge is -1.89. The first-order valence-electron chi connectivity index (χ1n) is 4.09. The van der Waals surface area contributed by atoms with Gasteiger partial charge in [0, 0.05) is 0 Å². The smallest absolute Gasteiger partial charge is 0.145 e. The van der Waals surface area contributed by atoms with Gasteiger partial charge in [-0.15, -0.1) is 0 Å². The Bertz CT molecular complexity index is 277. The molecular formula is C11H10NO2. The fourth-order valence-corrected chi connectivity index (χ4v) is 0.645. The van der Waals surface area contributed by atoms with Gasteiger partial charge in [0.2, 0.25) is 0 Å². The summed E-state index contributed by atoms with van der Waals surface area (Å²) in [4.78, 5) is 8.97. The number of rotatable bonds is 0. The van der Waals surface area contributed by atoms with Crippen molar-refractivity contribution < 1.29 is 9.88 Å². The Balaban J connectivity index is 2.56. The molecule has 0 saturated heterocycles. The summed E-state index contributed by atoms with van der Waals surface area (Å²) in [6, 6.07) is 0. The van der Waals surface area contributed by atoms with Gasteiger partial charge in [0.25, 0.3) is 0 Å². The second-order valence-electron chi connectivity index (χ2n) is 2.22. The van der Waals surface area contributed by atoms with Crippen molar-refractivity contribution in [1.82, 2.24) is 0 Å². The van der Waals surface area contributed by atoms with Gasteiger partial charge in [-0.3, -0.25) is 4.89 Å². The van der Waals surface area contributed by atoms with E-state index in [1.807, 2.05) is 24.3 Å². The molecule has 0 aromatic carbocycles. The summed E-state index contributed by atoms with van der Waals surface area (Å²) in [6.45, 7) is 0. The molecular weight excluding hydrogens is 178 g/mol. The van der Waals surface area contributed by atoms with Crippen LogP contribution in [0.4, 0.5) is 0 Å². The molecule has 1 aliphatic heterocycles.